The molecule has 0 aromatic rings. The van der Waals surface area contributed by atoms with Gasteiger partial charge in [0.1, 0.15) is 0 Å². The standard InChI is InChI=1S/C5H11O.2O.V/c1-2-3-4-5-6;;;/h2-5H2,1H3;;;/q-1;;;+1. The number of unbranched alkanes of at least 4 members (excludes halogenated alkanes) is 2. The summed E-state index contributed by atoms with van der Waals surface area (Å²) in [7, 11) is 0. The van der Waals surface area contributed by atoms with Crippen LogP contribution in [0.5, 0.6) is 0 Å². The topological polar surface area (TPSA) is 43.4 Å². The van der Waals surface area contributed by atoms with E-state index in [1.165, 1.54) is 0 Å². The Labute approximate surface area is 59.8 Å². The van der Waals surface area contributed by atoms with Crippen LogP contribution in [0.1, 0.15) is 26.2 Å². The Hall–Kier alpha value is 0.144. The maximum absolute atomic E-state index is 9.86. The van der Waals surface area contributed by atoms with Crippen molar-refractivity contribution in [3.8, 4) is 0 Å². The van der Waals surface area contributed by atoms with Crippen LogP contribution in [0.15, 0.2) is 0 Å². The van der Waals surface area contributed by atoms with Crippen molar-refractivity contribution in [1.82, 2.24) is 0 Å². The first-order valence-corrected chi connectivity index (χ1v) is 4.75. The molecule has 0 radical (unpaired) electrons. The first kappa shape index (κ1) is 9.14. The van der Waals surface area contributed by atoms with Crippen LogP contribution in [-0.2, 0) is 26.4 Å². The van der Waals surface area contributed by atoms with Gasteiger partial charge in [0.25, 0.3) is 0 Å². The summed E-state index contributed by atoms with van der Waals surface area (Å²) in [5, 5.41) is 0. The van der Waals surface area contributed by atoms with Gasteiger partial charge in [-0.3, -0.25) is 0 Å². The molecule has 3 nitrogen and oxygen atoms in total. The average molecular weight is 170 g/mol. The number of rotatable bonds is 5. The molecule has 0 atom stereocenters. The Morgan fingerprint density at radius 3 is 2.44 bits per heavy atom. The minimum absolute atomic E-state index is 0.376. The third-order valence-corrected chi connectivity index (χ3v) is 1.56. The van der Waals surface area contributed by atoms with Crippen LogP contribution in [0.4, 0.5) is 0 Å². The molecule has 0 rings (SSSR count). The second kappa shape index (κ2) is 6.27. The Balaban J connectivity index is 2.92. The molecule has 0 fully saturated rings. The first-order valence-electron chi connectivity index (χ1n) is 3.04. The molecule has 0 heterocycles. The normalized spacial score (nSPS) is 9.44. The molecule has 4 heteroatoms. The van der Waals surface area contributed by atoms with Crippen LogP contribution in [-0.4, -0.2) is 6.61 Å². The van der Waals surface area contributed by atoms with E-state index in [1.807, 2.05) is 0 Å². The first-order chi connectivity index (χ1) is 4.27. The van der Waals surface area contributed by atoms with E-state index in [1.54, 1.807) is 0 Å². The van der Waals surface area contributed by atoms with Gasteiger partial charge in [0.2, 0.25) is 0 Å². The summed E-state index contributed by atoms with van der Waals surface area (Å²) in [6.07, 6.45) is 2.99. The quantitative estimate of drug-likeness (QED) is 0.586. The summed E-state index contributed by atoms with van der Waals surface area (Å²) < 4.78 is 24.1. The van der Waals surface area contributed by atoms with E-state index in [4.69, 9.17) is 0 Å². The van der Waals surface area contributed by atoms with E-state index in [2.05, 4.69) is 10.6 Å². The van der Waals surface area contributed by atoms with Crippen molar-refractivity contribution in [3.05, 3.63) is 0 Å². The molecule has 0 aromatic carbocycles. The van der Waals surface area contributed by atoms with Gasteiger partial charge in [0.15, 0.2) is 0 Å². The molecular formula is C5H11O3V. The second-order valence-corrected chi connectivity index (χ2v) is 2.87. The van der Waals surface area contributed by atoms with Crippen LogP contribution in [0, 0.1) is 0 Å². The molecule has 0 saturated heterocycles. The molecule has 0 bridgehead atoms. The van der Waals surface area contributed by atoms with Gasteiger partial charge in [-0.25, -0.2) is 0 Å². The Kier molecular flexibility index (Phi) is 6.37. The number of hydrogen-bond acceptors (Lipinski definition) is 3. The van der Waals surface area contributed by atoms with Crippen molar-refractivity contribution in [2.24, 2.45) is 0 Å². The van der Waals surface area contributed by atoms with Crippen molar-refractivity contribution >= 4 is 0 Å². The van der Waals surface area contributed by atoms with E-state index < -0.39 is 15.4 Å². The molecule has 0 spiro atoms. The SMILES string of the molecule is CCCCC[O][V](=[O])=[O]. The van der Waals surface area contributed by atoms with Crippen molar-refractivity contribution in [3.63, 3.8) is 0 Å². The van der Waals surface area contributed by atoms with Crippen LogP contribution >= 0.6 is 0 Å². The molecule has 0 unspecified atom stereocenters. The molecule has 54 valence electrons. The van der Waals surface area contributed by atoms with E-state index in [-0.39, 0.29) is 0 Å². The molecule has 0 saturated carbocycles. The fourth-order valence-electron chi connectivity index (χ4n) is 0.491. The van der Waals surface area contributed by atoms with Gasteiger partial charge in [-0.05, 0) is 0 Å². The van der Waals surface area contributed by atoms with E-state index in [9.17, 15) is 7.35 Å². The molecule has 0 aliphatic carbocycles. The van der Waals surface area contributed by atoms with Gasteiger partial charge in [-0.2, -0.15) is 0 Å². The van der Waals surface area contributed by atoms with Crippen molar-refractivity contribution in [1.29, 1.82) is 0 Å². The molecule has 0 aliphatic heterocycles. The zero-order valence-corrected chi connectivity index (χ0v) is 6.90. The Morgan fingerprint density at radius 2 is 2.00 bits per heavy atom. The molecule has 0 aromatic heterocycles. The molecule has 0 aliphatic rings. The van der Waals surface area contributed by atoms with Gasteiger partial charge >= 0.3 is 59.2 Å². The fraction of sp³-hybridized carbons (Fsp3) is 1.00. The van der Waals surface area contributed by atoms with Crippen LogP contribution in [0.3, 0.4) is 0 Å². The maximum atomic E-state index is 9.86. The molecule has 0 N–H and O–H groups in total. The summed E-state index contributed by atoms with van der Waals surface area (Å²) in [6, 6.07) is 0. The zero-order chi connectivity index (χ0) is 7.11. The summed E-state index contributed by atoms with van der Waals surface area (Å²) in [5.41, 5.74) is 0. The summed E-state index contributed by atoms with van der Waals surface area (Å²) in [4.78, 5) is 0. The third-order valence-electron chi connectivity index (χ3n) is 0.945. The fourth-order valence-corrected chi connectivity index (χ4v) is 0.926. The number of hydrogen-bond donors (Lipinski definition) is 0. The zero-order valence-electron chi connectivity index (χ0n) is 5.50. The van der Waals surface area contributed by atoms with Gasteiger partial charge in [-0.1, -0.05) is 0 Å². The second-order valence-electron chi connectivity index (χ2n) is 1.76. The Morgan fingerprint density at radius 1 is 1.33 bits per heavy atom. The van der Waals surface area contributed by atoms with Crippen LogP contribution < -0.4 is 0 Å². The monoisotopic (exact) mass is 170 g/mol. The van der Waals surface area contributed by atoms with Crippen molar-refractivity contribution in [2.45, 2.75) is 26.2 Å². The summed E-state index contributed by atoms with van der Waals surface area (Å²) >= 11 is -3.27. The van der Waals surface area contributed by atoms with Gasteiger partial charge < -0.3 is 0 Å². The summed E-state index contributed by atoms with van der Waals surface area (Å²) in [5.74, 6) is 0. The van der Waals surface area contributed by atoms with Gasteiger partial charge in [0.05, 0.1) is 0 Å². The predicted octanol–water partition coefficient (Wildman–Crippen LogP) is 1.42. The summed E-state index contributed by atoms with van der Waals surface area (Å²) in [6.45, 7) is 2.44. The third kappa shape index (κ3) is 8.14. The molecule has 0 amide bonds. The van der Waals surface area contributed by atoms with Crippen LogP contribution in [0.25, 0.3) is 0 Å². The van der Waals surface area contributed by atoms with Crippen molar-refractivity contribution in [2.75, 3.05) is 6.61 Å². The van der Waals surface area contributed by atoms with E-state index in [0.29, 0.717) is 6.61 Å². The predicted molar refractivity (Wildman–Crippen MR) is 26.8 cm³/mol. The van der Waals surface area contributed by atoms with E-state index in [0.717, 1.165) is 19.3 Å². The van der Waals surface area contributed by atoms with Crippen LogP contribution in [0.2, 0.25) is 0 Å². The van der Waals surface area contributed by atoms with E-state index >= 15 is 0 Å². The molecular weight excluding hydrogens is 159 g/mol. The van der Waals surface area contributed by atoms with Gasteiger partial charge in [0, 0.05) is 0 Å². The minimum atomic E-state index is -3.27. The average Bonchev–Trinajstić information content (AvgIpc) is 1.80. The van der Waals surface area contributed by atoms with Gasteiger partial charge in [-0.15, -0.1) is 0 Å². The Bertz CT molecular complexity index is 111. The molecule has 9 heavy (non-hydrogen) atoms. The van der Waals surface area contributed by atoms with Crippen molar-refractivity contribution < 1.29 is 26.4 Å².